The van der Waals surface area contributed by atoms with Gasteiger partial charge >= 0.3 is 0 Å². The van der Waals surface area contributed by atoms with Crippen LogP contribution in [0.1, 0.15) is 67.3 Å². The number of benzene rings is 5. The summed E-state index contributed by atoms with van der Waals surface area (Å²) < 4.78 is 45.2. The van der Waals surface area contributed by atoms with E-state index in [1.165, 1.54) is 17.7 Å². The van der Waals surface area contributed by atoms with Crippen LogP contribution in [0.3, 0.4) is 0 Å². The van der Waals surface area contributed by atoms with Crippen molar-refractivity contribution >= 4 is 0 Å². The molecule has 0 amide bonds. The summed E-state index contributed by atoms with van der Waals surface area (Å²) in [7, 11) is 0. The van der Waals surface area contributed by atoms with E-state index in [1.807, 2.05) is 49.4 Å². The fraction of sp³-hybridized carbons (Fsp3) is 0.220. The molecular formula is C41H37F3. The smallest absolute Gasteiger partial charge is 0.139 e. The van der Waals surface area contributed by atoms with Gasteiger partial charge in [-0.25, -0.2) is 13.2 Å². The van der Waals surface area contributed by atoms with Crippen LogP contribution in [0.2, 0.25) is 0 Å². The molecule has 0 nitrogen and oxygen atoms in total. The molecule has 0 atom stereocenters. The van der Waals surface area contributed by atoms with Gasteiger partial charge < -0.3 is 0 Å². The molecule has 0 aliphatic carbocycles. The number of unbranched alkanes of at least 4 members (excludes halogenated alkanes) is 2. The molecule has 0 aliphatic heterocycles. The third kappa shape index (κ3) is 7.32. The van der Waals surface area contributed by atoms with Crippen molar-refractivity contribution in [2.24, 2.45) is 0 Å². The number of hydrogen-bond acceptors (Lipinski definition) is 0. The molecule has 0 saturated carbocycles. The standard InChI is InChI=1S/C41H37F3/c1-4-6-7-9-30-13-22-37(39(42)25-30)33-17-19-34(20-18-33)38-23-14-31(26-40(38)43)12-21-36-28(3)24-35(27-41(36)44)32-15-10-29(8-5-2)11-16-32/h10-11,13-20,22-27H,4-9H2,1-3H3. The van der Waals surface area contributed by atoms with Crippen LogP contribution in [0.4, 0.5) is 13.2 Å². The molecule has 0 unspecified atom stereocenters. The maximum absolute atomic E-state index is 15.2. The zero-order valence-corrected chi connectivity index (χ0v) is 25.6. The minimum absolute atomic E-state index is 0.247. The van der Waals surface area contributed by atoms with Gasteiger partial charge in [0.25, 0.3) is 0 Å². The summed E-state index contributed by atoms with van der Waals surface area (Å²) in [5.41, 5.74) is 7.89. The number of rotatable bonds is 9. The second kappa shape index (κ2) is 14.3. The first kappa shape index (κ1) is 30.9. The van der Waals surface area contributed by atoms with Gasteiger partial charge in [-0.15, -0.1) is 0 Å². The highest BCUT2D eigenvalue weighted by molar-refractivity contribution is 5.72. The lowest BCUT2D eigenvalue weighted by Crippen LogP contribution is -1.92. The van der Waals surface area contributed by atoms with Crippen molar-refractivity contribution in [2.75, 3.05) is 0 Å². The largest absolute Gasteiger partial charge is 0.206 e. The van der Waals surface area contributed by atoms with E-state index in [4.69, 9.17) is 0 Å². The topological polar surface area (TPSA) is 0 Å². The fourth-order valence-electron chi connectivity index (χ4n) is 5.54. The van der Waals surface area contributed by atoms with Crippen LogP contribution < -0.4 is 0 Å². The van der Waals surface area contributed by atoms with Crippen LogP contribution in [0, 0.1) is 36.2 Å². The van der Waals surface area contributed by atoms with Gasteiger partial charge in [-0.3, -0.25) is 0 Å². The third-order valence-corrected chi connectivity index (χ3v) is 8.02. The van der Waals surface area contributed by atoms with Gasteiger partial charge in [0.05, 0.1) is 5.56 Å². The maximum Gasteiger partial charge on any atom is 0.139 e. The van der Waals surface area contributed by atoms with Gasteiger partial charge in [-0.05, 0) is 95.5 Å². The monoisotopic (exact) mass is 586 g/mol. The first-order valence-electron chi connectivity index (χ1n) is 15.5. The van der Waals surface area contributed by atoms with E-state index < -0.39 is 11.6 Å². The van der Waals surface area contributed by atoms with E-state index >= 15 is 8.78 Å². The Balaban J connectivity index is 1.31. The average molecular weight is 587 g/mol. The molecule has 222 valence electrons. The van der Waals surface area contributed by atoms with Crippen LogP contribution in [0.25, 0.3) is 33.4 Å². The molecule has 5 aromatic carbocycles. The summed E-state index contributed by atoms with van der Waals surface area (Å²) in [6.45, 7) is 6.14. The fourth-order valence-corrected chi connectivity index (χ4v) is 5.54. The average Bonchev–Trinajstić information content (AvgIpc) is 3.02. The third-order valence-electron chi connectivity index (χ3n) is 8.02. The van der Waals surface area contributed by atoms with E-state index in [9.17, 15) is 4.39 Å². The van der Waals surface area contributed by atoms with Crippen LogP contribution >= 0.6 is 0 Å². The van der Waals surface area contributed by atoms with Gasteiger partial charge in [0.2, 0.25) is 0 Å². The Labute approximate surface area is 259 Å². The normalized spacial score (nSPS) is 10.9. The molecule has 5 aromatic rings. The second-order valence-electron chi connectivity index (χ2n) is 11.4. The molecular weight excluding hydrogens is 549 g/mol. The van der Waals surface area contributed by atoms with E-state index in [0.717, 1.165) is 66.3 Å². The molecule has 0 N–H and O–H groups in total. The van der Waals surface area contributed by atoms with Crippen LogP contribution in [-0.2, 0) is 12.8 Å². The predicted molar refractivity (Wildman–Crippen MR) is 177 cm³/mol. The lowest BCUT2D eigenvalue weighted by molar-refractivity contribution is 0.623. The Morgan fingerprint density at radius 3 is 1.70 bits per heavy atom. The van der Waals surface area contributed by atoms with Gasteiger partial charge in [0.1, 0.15) is 17.5 Å². The van der Waals surface area contributed by atoms with E-state index in [0.29, 0.717) is 27.8 Å². The predicted octanol–water partition coefficient (Wildman–Crippen LogP) is 11.5. The number of halogens is 3. The molecule has 0 fully saturated rings. The summed E-state index contributed by atoms with van der Waals surface area (Å²) in [6.07, 6.45) is 6.29. The maximum atomic E-state index is 15.2. The summed E-state index contributed by atoms with van der Waals surface area (Å²) >= 11 is 0. The molecule has 5 rings (SSSR count). The van der Waals surface area contributed by atoms with E-state index in [2.05, 4.69) is 37.8 Å². The Bertz CT molecular complexity index is 1780. The van der Waals surface area contributed by atoms with E-state index in [1.54, 1.807) is 30.3 Å². The van der Waals surface area contributed by atoms with Crippen molar-refractivity contribution in [3.05, 3.63) is 142 Å². The quantitative estimate of drug-likeness (QED) is 0.119. The van der Waals surface area contributed by atoms with Crippen molar-refractivity contribution in [3.8, 4) is 45.2 Å². The van der Waals surface area contributed by atoms with Crippen molar-refractivity contribution in [1.82, 2.24) is 0 Å². The summed E-state index contributed by atoms with van der Waals surface area (Å²) in [5, 5.41) is 0. The van der Waals surface area contributed by atoms with Gasteiger partial charge in [0, 0.05) is 16.7 Å². The zero-order valence-electron chi connectivity index (χ0n) is 25.6. The Kier molecular flexibility index (Phi) is 10.0. The SMILES string of the molecule is CCCCCc1ccc(-c2ccc(-c3ccc(C#Cc4c(C)cc(-c5ccc(CCC)cc5)cc4F)cc3F)cc2)c(F)c1. The number of aryl methyl sites for hydroxylation is 3. The molecule has 0 saturated heterocycles. The Morgan fingerprint density at radius 2 is 1.11 bits per heavy atom. The molecule has 0 radical (unpaired) electrons. The van der Waals surface area contributed by atoms with Crippen molar-refractivity contribution < 1.29 is 13.2 Å². The Hall–Kier alpha value is -4.55. The molecule has 44 heavy (non-hydrogen) atoms. The highest BCUT2D eigenvalue weighted by Crippen LogP contribution is 2.30. The van der Waals surface area contributed by atoms with Crippen molar-refractivity contribution in [2.45, 2.75) is 59.3 Å². The van der Waals surface area contributed by atoms with Gasteiger partial charge in [-0.2, -0.15) is 0 Å². The zero-order chi connectivity index (χ0) is 31.1. The van der Waals surface area contributed by atoms with Crippen molar-refractivity contribution in [3.63, 3.8) is 0 Å². The first-order valence-corrected chi connectivity index (χ1v) is 15.5. The van der Waals surface area contributed by atoms with Gasteiger partial charge in [0.15, 0.2) is 0 Å². The van der Waals surface area contributed by atoms with E-state index in [-0.39, 0.29) is 5.82 Å². The number of hydrogen-bond donors (Lipinski definition) is 0. The first-order chi connectivity index (χ1) is 21.4. The summed E-state index contributed by atoms with van der Waals surface area (Å²) in [5.74, 6) is 4.77. The molecule has 0 spiro atoms. The van der Waals surface area contributed by atoms with Gasteiger partial charge in [-0.1, -0.05) is 112 Å². The van der Waals surface area contributed by atoms with Crippen LogP contribution in [0.15, 0.2) is 97.1 Å². The van der Waals surface area contributed by atoms with Crippen LogP contribution in [-0.4, -0.2) is 0 Å². The van der Waals surface area contributed by atoms with Crippen LogP contribution in [0.5, 0.6) is 0 Å². The Morgan fingerprint density at radius 1 is 0.500 bits per heavy atom. The summed E-state index contributed by atoms with van der Waals surface area (Å²) in [6, 6.07) is 29.1. The minimum Gasteiger partial charge on any atom is -0.206 e. The second-order valence-corrected chi connectivity index (χ2v) is 11.4. The molecule has 3 heteroatoms. The molecule has 0 bridgehead atoms. The highest BCUT2D eigenvalue weighted by Gasteiger charge is 2.11. The van der Waals surface area contributed by atoms with Crippen molar-refractivity contribution in [1.29, 1.82) is 0 Å². The lowest BCUT2D eigenvalue weighted by atomic mass is 9.97. The summed E-state index contributed by atoms with van der Waals surface area (Å²) in [4.78, 5) is 0. The lowest BCUT2D eigenvalue weighted by Gasteiger charge is -2.09. The minimum atomic E-state index is -0.425. The molecule has 0 aliphatic rings. The molecule has 0 heterocycles. The highest BCUT2D eigenvalue weighted by atomic mass is 19.1. The molecule has 0 aromatic heterocycles.